The fourth-order valence-electron chi connectivity index (χ4n) is 4.60. The highest BCUT2D eigenvalue weighted by atomic mass is 16.6. The van der Waals surface area contributed by atoms with Crippen molar-refractivity contribution >= 4 is 29.7 Å². The maximum Gasteiger partial charge on any atom is 0.418 e. The van der Waals surface area contributed by atoms with Crippen molar-refractivity contribution in [2.45, 2.75) is 76.6 Å². The fraction of sp³-hybridized carbons (Fsp3) is 0.438. The smallest absolute Gasteiger partial charge is 0.418 e. The first kappa shape index (κ1) is 36.4. The van der Waals surface area contributed by atoms with Crippen molar-refractivity contribution in [3.63, 3.8) is 0 Å². The molecule has 0 aliphatic heterocycles. The monoisotopic (exact) mass is 623 g/mol. The number of aromatic hydroxyl groups is 1. The molecular formula is C32H41N5O8. The molecule has 45 heavy (non-hydrogen) atoms. The molecule has 0 radical (unpaired) electrons. The van der Waals surface area contributed by atoms with E-state index in [-0.39, 0.29) is 38.2 Å². The number of phenolic OH excluding ortho intramolecular Hbond substituents is 1. The number of nitrogens with zero attached hydrogens (tertiary/aromatic N) is 2. The van der Waals surface area contributed by atoms with Gasteiger partial charge in [-0.05, 0) is 61.4 Å². The first-order chi connectivity index (χ1) is 21.4. The summed E-state index contributed by atoms with van der Waals surface area (Å²) in [5, 5.41) is 30.8. The van der Waals surface area contributed by atoms with Gasteiger partial charge in [0, 0.05) is 6.42 Å². The lowest BCUT2D eigenvalue weighted by Gasteiger charge is -2.41. The number of Topliss-reactive ketones (excluding diaryl/α,β-unsaturated/α-hetero) is 1. The Balaban J connectivity index is 2.73. The summed E-state index contributed by atoms with van der Waals surface area (Å²) in [6, 6.07) is 13.3. The third-order valence-electron chi connectivity index (χ3n) is 7.24. The molecule has 2 aromatic carbocycles. The minimum Gasteiger partial charge on any atom is -0.508 e. The van der Waals surface area contributed by atoms with E-state index in [1.54, 1.807) is 62.4 Å². The van der Waals surface area contributed by atoms with Gasteiger partial charge in [0.15, 0.2) is 11.3 Å². The van der Waals surface area contributed by atoms with E-state index in [2.05, 4.69) is 5.32 Å². The number of benzene rings is 2. The van der Waals surface area contributed by atoms with Crippen LogP contribution in [0.5, 0.6) is 5.75 Å². The van der Waals surface area contributed by atoms with Crippen molar-refractivity contribution in [3.8, 4) is 11.8 Å². The van der Waals surface area contributed by atoms with E-state index < -0.39 is 66.0 Å². The highest BCUT2D eigenvalue weighted by Crippen LogP contribution is 2.30. The lowest BCUT2D eigenvalue weighted by molar-refractivity contribution is -0.155. The summed E-state index contributed by atoms with van der Waals surface area (Å²) >= 11 is 0. The molecule has 0 bridgehead atoms. The van der Waals surface area contributed by atoms with Gasteiger partial charge >= 0.3 is 12.1 Å². The summed E-state index contributed by atoms with van der Waals surface area (Å²) in [7, 11) is 0. The highest BCUT2D eigenvalue weighted by Gasteiger charge is 2.56. The third-order valence-corrected chi connectivity index (χ3v) is 7.24. The number of carbonyl (C=O) groups excluding carboxylic acids is 4. The number of ketones is 1. The first-order valence-corrected chi connectivity index (χ1v) is 14.6. The van der Waals surface area contributed by atoms with Crippen LogP contribution in [0.15, 0.2) is 54.6 Å². The molecule has 13 heteroatoms. The number of aliphatic carboxylic acids is 1. The number of aryl methyl sites for hydroxylation is 1. The third kappa shape index (κ3) is 10.1. The van der Waals surface area contributed by atoms with Crippen LogP contribution in [0, 0.1) is 17.2 Å². The Morgan fingerprint density at radius 1 is 1.02 bits per heavy atom. The number of amides is 3. The second-order valence-electron chi connectivity index (χ2n) is 10.9. The summed E-state index contributed by atoms with van der Waals surface area (Å²) in [5.41, 5.74) is 10.5. The zero-order valence-electron chi connectivity index (χ0n) is 25.5. The van der Waals surface area contributed by atoms with Gasteiger partial charge in [0.2, 0.25) is 5.91 Å². The molecule has 242 valence electrons. The summed E-state index contributed by atoms with van der Waals surface area (Å²) in [6.07, 6.45) is -2.42. The number of nitriles is 1. The lowest BCUT2D eigenvalue weighted by Crippen LogP contribution is -2.70. The zero-order chi connectivity index (χ0) is 33.6. The molecule has 0 saturated heterocycles. The van der Waals surface area contributed by atoms with Gasteiger partial charge in [-0.25, -0.2) is 9.69 Å². The minimum atomic E-state index is -2.57. The van der Waals surface area contributed by atoms with Crippen molar-refractivity contribution in [2.24, 2.45) is 17.4 Å². The van der Waals surface area contributed by atoms with Gasteiger partial charge in [-0.3, -0.25) is 19.2 Å². The summed E-state index contributed by atoms with van der Waals surface area (Å²) in [4.78, 5) is 68.4. The van der Waals surface area contributed by atoms with Gasteiger partial charge in [-0.15, -0.1) is 0 Å². The number of hydrogen-bond acceptors (Lipinski definition) is 10. The Morgan fingerprint density at radius 2 is 1.67 bits per heavy atom. The molecule has 0 aliphatic rings. The predicted octanol–water partition coefficient (Wildman–Crippen LogP) is 2.39. The number of carbonyl (C=O) groups is 5. The van der Waals surface area contributed by atoms with Crippen LogP contribution in [0.25, 0.3) is 0 Å². The normalized spacial score (nSPS) is 13.5. The number of carboxylic acids is 1. The zero-order valence-corrected chi connectivity index (χ0v) is 25.5. The molecule has 7 N–H and O–H groups in total. The van der Waals surface area contributed by atoms with Crippen LogP contribution in [0.4, 0.5) is 4.79 Å². The second kappa shape index (κ2) is 17.5. The van der Waals surface area contributed by atoms with Crippen LogP contribution in [-0.2, 0) is 36.9 Å². The number of carboxylic acid groups (broad SMARTS) is 1. The molecule has 2 aromatic rings. The van der Waals surface area contributed by atoms with E-state index in [1.807, 2.05) is 0 Å². The van der Waals surface area contributed by atoms with Crippen LogP contribution in [-0.4, -0.2) is 68.9 Å². The van der Waals surface area contributed by atoms with Gasteiger partial charge < -0.3 is 31.7 Å². The summed E-state index contributed by atoms with van der Waals surface area (Å²) in [6.45, 7) is 3.11. The predicted molar refractivity (Wildman–Crippen MR) is 163 cm³/mol. The maximum absolute atomic E-state index is 14.4. The largest absolute Gasteiger partial charge is 0.508 e. The number of phenols is 1. The van der Waals surface area contributed by atoms with Crippen LogP contribution >= 0.6 is 0 Å². The van der Waals surface area contributed by atoms with Crippen molar-refractivity contribution in [1.29, 1.82) is 5.26 Å². The molecule has 0 spiro atoms. The van der Waals surface area contributed by atoms with Crippen molar-refractivity contribution in [3.05, 3.63) is 65.7 Å². The van der Waals surface area contributed by atoms with Crippen molar-refractivity contribution < 1.29 is 38.9 Å². The number of rotatable bonds is 17. The van der Waals surface area contributed by atoms with E-state index >= 15 is 0 Å². The molecule has 1 unspecified atom stereocenters. The molecule has 0 heterocycles. The Kier molecular flexibility index (Phi) is 14.1. The van der Waals surface area contributed by atoms with E-state index in [1.165, 1.54) is 12.1 Å². The fourth-order valence-corrected chi connectivity index (χ4v) is 4.60. The molecule has 0 fully saturated rings. The van der Waals surface area contributed by atoms with E-state index in [4.69, 9.17) is 16.2 Å². The number of imide groups is 1. The van der Waals surface area contributed by atoms with Gasteiger partial charge in [-0.1, -0.05) is 56.3 Å². The summed E-state index contributed by atoms with van der Waals surface area (Å²) in [5.74, 6) is -5.07. The molecule has 3 amide bonds. The lowest BCUT2D eigenvalue weighted by atomic mass is 9.81. The summed E-state index contributed by atoms with van der Waals surface area (Å²) < 4.78 is 5.49. The topological polar surface area (TPSA) is 226 Å². The minimum absolute atomic E-state index is 0.00201. The van der Waals surface area contributed by atoms with Crippen LogP contribution in [0.1, 0.15) is 57.1 Å². The Morgan fingerprint density at radius 3 is 2.22 bits per heavy atom. The van der Waals surface area contributed by atoms with Crippen molar-refractivity contribution in [2.75, 3.05) is 6.54 Å². The first-order valence-electron chi connectivity index (χ1n) is 14.6. The number of unbranched alkanes of at least 4 members (excludes halogenated alkanes) is 1. The SMILES string of the molecule is CC(C)[C@H](N)C(=O)N(C(=O)OCc1ccccc1)[C@](CCCCN)(C(=O)CCc1ccc(O)cc1)C(=O)NC(C#N)CC(=O)O. The van der Waals surface area contributed by atoms with E-state index in [0.29, 0.717) is 22.4 Å². The molecule has 0 aliphatic carbocycles. The van der Waals surface area contributed by atoms with Gasteiger partial charge in [-0.2, -0.15) is 5.26 Å². The Hall–Kier alpha value is -4.80. The molecule has 0 aromatic heterocycles. The standard InChI is InChI=1S/C32H41N5O8/c1-21(2)28(35)29(42)37(31(44)45-20-23-8-4-3-5-9-23)32(16-6-7-17-33,30(43)36-24(19-34)18-27(40)41)26(39)15-12-22-10-13-25(38)14-11-22/h3-5,8-11,13-14,21,24,28,38H,6-7,12,15-18,20,33,35H2,1-2H3,(H,36,43)(H,40,41)/t24?,28-,32+/m0/s1. The average Bonchev–Trinajstić information content (AvgIpc) is 3.02. The van der Waals surface area contributed by atoms with Crippen LogP contribution in [0.2, 0.25) is 0 Å². The Labute approximate surface area is 262 Å². The Bertz CT molecular complexity index is 1360. The number of hydrogen-bond donors (Lipinski definition) is 5. The average molecular weight is 624 g/mol. The second-order valence-corrected chi connectivity index (χ2v) is 10.9. The molecular weight excluding hydrogens is 582 g/mol. The van der Waals surface area contributed by atoms with Gasteiger partial charge in [0.05, 0.1) is 18.5 Å². The quantitative estimate of drug-likeness (QED) is 0.127. The van der Waals surface area contributed by atoms with E-state index in [0.717, 1.165) is 0 Å². The molecule has 3 atom stereocenters. The maximum atomic E-state index is 14.4. The molecule has 0 saturated carbocycles. The van der Waals surface area contributed by atoms with Crippen molar-refractivity contribution in [1.82, 2.24) is 10.2 Å². The number of nitrogens with two attached hydrogens (primary N) is 2. The van der Waals surface area contributed by atoms with E-state index in [9.17, 15) is 39.4 Å². The van der Waals surface area contributed by atoms with Gasteiger partial charge in [0.1, 0.15) is 18.4 Å². The number of nitrogens with one attached hydrogen (secondary N) is 1. The molecule has 13 nitrogen and oxygen atoms in total. The number of ether oxygens (including phenoxy) is 1. The highest BCUT2D eigenvalue weighted by molar-refractivity contribution is 6.17. The molecule has 2 rings (SSSR count). The van der Waals surface area contributed by atoms with Crippen LogP contribution in [0.3, 0.4) is 0 Å². The van der Waals surface area contributed by atoms with Gasteiger partial charge in [0.25, 0.3) is 5.91 Å². The van der Waals surface area contributed by atoms with Crippen LogP contribution < -0.4 is 16.8 Å².